The number of unbranched alkanes of at least 4 members (excludes halogenated alkanes) is 3. The van der Waals surface area contributed by atoms with Crippen LogP contribution in [0.3, 0.4) is 0 Å². The Balaban J connectivity index is 2.16. The number of rotatable bonds is 11. The molecule has 1 atom stereocenters. The number of carboxylic acids is 1. The molecule has 0 bridgehead atoms. The van der Waals surface area contributed by atoms with E-state index >= 15 is 0 Å². The lowest BCUT2D eigenvalue weighted by molar-refractivity contribution is -0.130. The first-order valence-corrected chi connectivity index (χ1v) is 10.3. The quantitative estimate of drug-likeness (QED) is 0.381. The van der Waals surface area contributed by atoms with E-state index in [1.54, 1.807) is 6.07 Å². The summed E-state index contributed by atoms with van der Waals surface area (Å²) in [5.74, 6) is -1.06. The molecule has 0 aliphatic heterocycles. The molecule has 0 fully saturated rings. The highest BCUT2D eigenvalue weighted by Crippen LogP contribution is 2.27. The Morgan fingerprint density at radius 1 is 1.07 bits per heavy atom. The minimum absolute atomic E-state index is 0.0305. The van der Waals surface area contributed by atoms with Gasteiger partial charge in [0.1, 0.15) is 0 Å². The number of benzene rings is 2. The fourth-order valence-corrected chi connectivity index (χ4v) is 3.32. The van der Waals surface area contributed by atoms with Gasteiger partial charge in [0.2, 0.25) is 5.91 Å². The number of hydrogen-bond acceptors (Lipinski definition) is 2. The largest absolute Gasteiger partial charge is 0.478 e. The Morgan fingerprint density at radius 2 is 1.79 bits per heavy atom. The second-order valence-corrected chi connectivity index (χ2v) is 7.49. The van der Waals surface area contributed by atoms with E-state index in [1.165, 1.54) is 12.8 Å². The third kappa shape index (κ3) is 6.60. The lowest BCUT2D eigenvalue weighted by atomic mass is 9.95. The first-order valence-electron chi connectivity index (χ1n) is 10.3. The van der Waals surface area contributed by atoms with Crippen molar-refractivity contribution in [1.82, 2.24) is 5.32 Å². The summed E-state index contributed by atoms with van der Waals surface area (Å²) < 4.78 is 0. The molecule has 4 heteroatoms. The van der Waals surface area contributed by atoms with E-state index in [0.717, 1.165) is 36.0 Å². The van der Waals surface area contributed by atoms with Gasteiger partial charge in [-0.15, -0.1) is 0 Å². The van der Waals surface area contributed by atoms with Gasteiger partial charge in [0.15, 0.2) is 0 Å². The molecular formula is C25H31NO3. The summed E-state index contributed by atoms with van der Waals surface area (Å²) in [6.45, 7) is 8.14. The summed E-state index contributed by atoms with van der Waals surface area (Å²) in [7, 11) is 0. The van der Waals surface area contributed by atoms with Crippen molar-refractivity contribution in [3.63, 3.8) is 0 Å². The summed E-state index contributed by atoms with van der Waals surface area (Å²) in [5, 5.41) is 12.3. The summed E-state index contributed by atoms with van der Waals surface area (Å²) >= 11 is 0. The van der Waals surface area contributed by atoms with Crippen LogP contribution in [-0.4, -0.2) is 17.0 Å². The third-order valence-electron chi connectivity index (χ3n) is 5.19. The van der Waals surface area contributed by atoms with Crippen molar-refractivity contribution < 1.29 is 14.7 Å². The number of carboxylic acid groups (broad SMARTS) is 1. The zero-order valence-corrected chi connectivity index (χ0v) is 17.4. The van der Waals surface area contributed by atoms with Crippen molar-refractivity contribution in [3.05, 3.63) is 66.2 Å². The van der Waals surface area contributed by atoms with Gasteiger partial charge in [-0.25, -0.2) is 4.79 Å². The molecule has 1 amide bonds. The number of amides is 1. The predicted octanol–water partition coefficient (Wildman–Crippen LogP) is 5.67. The molecule has 2 aromatic carbocycles. The van der Waals surface area contributed by atoms with Crippen LogP contribution in [0.2, 0.25) is 0 Å². The topological polar surface area (TPSA) is 66.4 Å². The van der Waals surface area contributed by atoms with Crippen molar-refractivity contribution in [2.24, 2.45) is 5.92 Å². The summed E-state index contributed by atoms with van der Waals surface area (Å²) in [6.07, 6.45) is 5.49. The van der Waals surface area contributed by atoms with Crippen molar-refractivity contribution in [2.45, 2.75) is 52.5 Å². The Kier molecular flexibility index (Phi) is 8.66. The SMILES string of the molecule is C=C(C(=O)O)c1ccc(-c2ccccc2)c(CNC(=O)C(C)CCCCCC)c1. The van der Waals surface area contributed by atoms with Crippen LogP contribution < -0.4 is 5.32 Å². The average molecular weight is 394 g/mol. The molecule has 0 heterocycles. The van der Waals surface area contributed by atoms with Gasteiger partial charge in [-0.1, -0.05) is 88.6 Å². The van der Waals surface area contributed by atoms with Crippen molar-refractivity contribution >= 4 is 17.4 Å². The summed E-state index contributed by atoms with van der Waals surface area (Å²) in [5.41, 5.74) is 3.47. The molecule has 2 N–H and O–H groups in total. The standard InChI is InChI=1S/C25H31NO3/c1-4-5-6-8-11-18(2)24(27)26-17-22-16-21(19(3)25(28)29)14-15-23(22)20-12-9-7-10-13-20/h7,9-10,12-16,18H,3-6,8,11,17H2,1-2H3,(H,26,27)(H,28,29). The molecule has 2 rings (SSSR count). The van der Waals surface area contributed by atoms with Crippen LogP contribution in [0.15, 0.2) is 55.1 Å². The zero-order chi connectivity index (χ0) is 21.2. The fourth-order valence-electron chi connectivity index (χ4n) is 3.32. The summed E-state index contributed by atoms with van der Waals surface area (Å²) in [6, 6.07) is 15.3. The molecule has 154 valence electrons. The number of nitrogens with one attached hydrogen (secondary N) is 1. The van der Waals surface area contributed by atoms with E-state index in [1.807, 2.05) is 49.4 Å². The van der Waals surface area contributed by atoms with E-state index in [2.05, 4.69) is 18.8 Å². The molecule has 2 aromatic rings. The molecule has 0 saturated heterocycles. The van der Waals surface area contributed by atoms with Gasteiger partial charge < -0.3 is 10.4 Å². The minimum Gasteiger partial charge on any atom is -0.478 e. The van der Waals surface area contributed by atoms with E-state index in [4.69, 9.17) is 0 Å². The second-order valence-electron chi connectivity index (χ2n) is 7.49. The van der Waals surface area contributed by atoms with Crippen molar-refractivity contribution in [2.75, 3.05) is 0 Å². The fraction of sp³-hybridized carbons (Fsp3) is 0.360. The first-order chi connectivity index (χ1) is 13.9. The maximum absolute atomic E-state index is 12.5. The Labute approximate surface area is 173 Å². The van der Waals surface area contributed by atoms with Gasteiger partial charge in [-0.3, -0.25) is 4.79 Å². The van der Waals surface area contributed by atoms with Crippen LogP contribution in [0.5, 0.6) is 0 Å². The highest BCUT2D eigenvalue weighted by atomic mass is 16.4. The molecule has 0 saturated carbocycles. The molecule has 0 spiro atoms. The smallest absolute Gasteiger partial charge is 0.335 e. The number of carbonyl (C=O) groups excluding carboxylic acids is 1. The van der Waals surface area contributed by atoms with Crippen LogP contribution in [0, 0.1) is 5.92 Å². The van der Waals surface area contributed by atoms with Crippen LogP contribution in [0.25, 0.3) is 16.7 Å². The molecule has 0 aliphatic carbocycles. The van der Waals surface area contributed by atoms with Crippen LogP contribution in [-0.2, 0) is 16.1 Å². The molecule has 1 unspecified atom stereocenters. The molecule has 29 heavy (non-hydrogen) atoms. The van der Waals surface area contributed by atoms with Crippen LogP contribution in [0.4, 0.5) is 0 Å². The van der Waals surface area contributed by atoms with Gasteiger partial charge in [0.25, 0.3) is 0 Å². The minimum atomic E-state index is -1.05. The Morgan fingerprint density at radius 3 is 2.45 bits per heavy atom. The molecule has 0 aliphatic rings. The normalized spacial score (nSPS) is 11.7. The molecular weight excluding hydrogens is 362 g/mol. The first kappa shape index (κ1) is 22.4. The number of hydrogen-bond donors (Lipinski definition) is 2. The average Bonchev–Trinajstić information content (AvgIpc) is 2.74. The summed E-state index contributed by atoms with van der Waals surface area (Å²) in [4.78, 5) is 23.8. The zero-order valence-electron chi connectivity index (χ0n) is 17.4. The lowest BCUT2D eigenvalue weighted by Gasteiger charge is -2.16. The Hall–Kier alpha value is -2.88. The third-order valence-corrected chi connectivity index (χ3v) is 5.19. The van der Waals surface area contributed by atoms with E-state index in [0.29, 0.717) is 12.1 Å². The van der Waals surface area contributed by atoms with Gasteiger partial charge in [-0.2, -0.15) is 0 Å². The van der Waals surface area contributed by atoms with Crippen LogP contribution in [0.1, 0.15) is 57.1 Å². The maximum atomic E-state index is 12.5. The van der Waals surface area contributed by atoms with E-state index in [-0.39, 0.29) is 17.4 Å². The monoisotopic (exact) mass is 393 g/mol. The van der Waals surface area contributed by atoms with Gasteiger partial charge in [-0.05, 0) is 34.7 Å². The molecule has 0 aromatic heterocycles. The predicted molar refractivity (Wildman–Crippen MR) is 118 cm³/mol. The van der Waals surface area contributed by atoms with E-state index in [9.17, 15) is 14.7 Å². The Bertz CT molecular complexity index is 842. The van der Waals surface area contributed by atoms with Crippen LogP contribution >= 0.6 is 0 Å². The highest BCUT2D eigenvalue weighted by Gasteiger charge is 2.15. The molecule has 4 nitrogen and oxygen atoms in total. The number of aliphatic carboxylic acids is 1. The van der Waals surface area contributed by atoms with Crippen molar-refractivity contribution in [1.29, 1.82) is 0 Å². The lowest BCUT2D eigenvalue weighted by Crippen LogP contribution is -2.29. The van der Waals surface area contributed by atoms with E-state index < -0.39 is 5.97 Å². The van der Waals surface area contributed by atoms with Gasteiger partial charge in [0, 0.05) is 12.5 Å². The molecule has 0 radical (unpaired) electrons. The number of carbonyl (C=O) groups is 2. The maximum Gasteiger partial charge on any atom is 0.335 e. The highest BCUT2D eigenvalue weighted by molar-refractivity contribution is 6.14. The second kappa shape index (κ2) is 11.2. The van der Waals surface area contributed by atoms with Crippen molar-refractivity contribution in [3.8, 4) is 11.1 Å². The van der Waals surface area contributed by atoms with Gasteiger partial charge >= 0.3 is 5.97 Å². The van der Waals surface area contributed by atoms with Gasteiger partial charge in [0.05, 0.1) is 5.57 Å².